The molecule has 0 unspecified atom stereocenters. The Hall–Kier alpha value is -2.93. The number of para-hydroxylation sites is 1. The van der Waals surface area contributed by atoms with Crippen LogP contribution >= 0.6 is 0 Å². The van der Waals surface area contributed by atoms with Gasteiger partial charge in [0, 0.05) is 32.4 Å². The molecule has 1 aromatic carbocycles. The van der Waals surface area contributed by atoms with E-state index >= 15 is 0 Å². The maximum absolute atomic E-state index is 5.70. The Morgan fingerprint density at radius 1 is 0.885 bits per heavy atom. The van der Waals surface area contributed by atoms with Crippen LogP contribution in [0.4, 0.5) is 5.82 Å². The number of hydrogen-bond acceptors (Lipinski definition) is 7. The Bertz CT molecular complexity index is 801. The lowest BCUT2D eigenvalue weighted by Gasteiger charge is -2.34. The zero-order chi connectivity index (χ0) is 17.6. The largest absolute Gasteiger partial charge is 0.484 e. The van der Waals surface area contributed by atoms with Crippen LogP contribution in [-0.2, 0) is 13.2 Å². The minimum Gasteiger partial charge on any atom is -0.484 e. The van der Waals surface area contributed by atoms with Crippen molar-refractivity contribution < 1.29 is 9.15 Å². The lowest BCUT2D eigenvalue weighted by Crippen LogP contribution is -2.46. The second kappa shape index (κ2) is 7.97. The molecule has 1 aliphatic heterocycles. The molecule has 0 saturated carbocycles. The first-order valence-corrected chi connectivity index (χ1v) is 8.74. The second-order valence-corrected chi connectivity index (χ2v) is 6.14. The average Bonchev–Trinajstić information content (AvgIpc) is 3.16. The second-order valence-electron chi connectivity index (χ2n) is 6.14. The van der Waals surface area contributed by atoms with Gasteiger partial charge < -0.3 is 14.1 Å². The van der Waals surface area contributed by atoms with Gasteiger partial charge in [0.1, 0.15) is 11.6 Å². The molecule has 26 heavy (non-hydrogen) atoms. The highest BCUT2D eigenvalue weighted by molar-refractivity contribution is 5.38. The summed E-state index contributed by atoms with van der Waals surface area (Å²) >= 11 is 0. The van der Waals surface area contributed by atoms with Gasteiger partial charge in [0.15, 0.2) is 6.61 Å². The Kier molecular flexibility index (Phi) is 5.07. The van der Waals surface area contributed by atoms with Gasteiger partial charge in [-0.3, -0.25) is 4.90 Å². The standard InChI is InChI=1S/C19H21N5O2/c1-2-6-16(7-3-1)25-15-19-22-21-18(26-19)14-23-10-12-24(13-11-23)17-8-4-5-9-20-17/h1-9H,10-15H2. The van der Waals surface area contributed by atoms with E-state index in [1.165, 1.54) is 0 Å². The van der Waals surface area contributed by atoms with Crippen molar-refractivity contribution in [1.82, 2.24) is 20.1 Å². The maximum atomic E-state index is 5.70. The van der Waals surface area contributed by atoms with Gasteiger partial charge in [0.2, 0.25) is 5.89 Å². The summed E-state index contributed by atoms with van der Waals surface area (Å²) in [4.78, 5) is 9.02. The molecule has 0 bridgehead atoms. The van der Waals surface area contributed by atoms with Gasteiger partial charge in [-0.1, -0.05) is 24.3 Å². The Morgan fingerprint density at radius 2 is 1.65 bits per heavy atom. The number of piperazine rings is 1. The highest BCUT2D eigenvalue weighted by Crippen LogP contribution is 2.15. The first-order valence-electron chi connectivity index (χ1n) is 8.74. The molecule has 134 valence electrons. The summed E-state index contributed by atoms with van der Waals surface area (Å²) < 4.78 is 11.3. The highest BCUT2D eigenvalue weighted by atomic mass is 16.5. The Morgan fingerprint density at radius 3 is 2.42 bits per heavy atom. The minimum absolute atomic E-state index is 0.282. The fourth-order valence-corrected chi connectivity index (χ4v) is 2.94. The van der Waals surface area contributed by atoms with Crippen molar-refractivity contribution in [3.8, 4) is 5.75 Å². The molecule has 1 fully saturated rings. The molecule has 1 aliphatic rings. The van der Waals surface area contributed by atoms with E-state index in [-0.39, 0.29) is 6.61 Å². The van der Waals surface area contributed by atoms with Crippen LogP contribution in [0.3, 0.4) is 0 Å². The molecule has 1 saturated heterocycles. The van der Waals surface area contributed by atoms with E-state index < -0.39 is 0 Å². The first-order chi connectivity index (χ1) is 12.9. The van der Waals surface area contributed by atoms with E-state index in [0.29, 0.717) is 18.3 Å². The van der Waals surface area contributed by atoms with Gasteiger partial charge in [-0.25, -0.2) is 4.98 Å². The third-order valence-electron chi connectivity index (χ3n) is 4.32. The predicted molar refractivity (Wildman–Crippen MR) is 96.8 cm³/mol. The van der Waals surface area contributed by atoms with E-state index in [1.54, 1.807) is 0 Å². The van der Waals surface area contributed by atoms with E-state index in [0.717, 1.165) is 37.7 Å². The first kappa shape index (κ1) is 16.5. The van der Waals surface area contributed by atoms with Crippen LogP contribution in [0.1, 0.15) is 11.8 Å². The molecule has 4 rings (SSSR count). The lowest BCUT2D eigenvalue weighted by molar-refractivity contribution is 0.213. The van der Waals surface area contributed by atoms with Crippen LogP contribution in [0.5, 0.6) is 5.75 Å². The van der Waals surface area contributed by atoms with E-state index in [4.69, 9.17) is 9.15 Å². The van der Waals surface area contributed by atoms with Crippen LogP contribution in [-0.4, -0.2) is 46.3 Å². The number of aromatic nitrogens is 3. The van der Waals surface area contributed by atoms with E-state index in [2.05, 4.69) is 25.0 Å². The van der Waals surface area contributed by atoms with Crippen molar-refractivity contribution in [2.75, 3.05) is 31.1 Å². The normalized spacial score (nSPS) is 15.2. The van der Waals surface area contributed by atoms with Crippen LogP contribution in [0.15, 0.2) is 59.1 Å². The highest BCUT2D eigenvalue weighted by Gasteiger charge is 2.20. The summed E-state index contributed by atoms with van der Waals surface area (Å²) in [6, 6.07) is 15.6. The van der Waals surface area contributed by atoms with E-state index in [1.807, 2.05) is 54.7 Å². The third-order valence-corrected chi connectivity index (χ3v) is 4.32. The number of nitrogens with zero attached hydrogens (tertiary/aromatic N) is 5. The topological polar surface area (TPSA) is 67.5 Å². The van der Waals surface area contributed by atoms with Gasteiger partial charge in [-0.15, -0.1) is 10.2 Å². The molecule has 7 nitrogen and oxygen atoms in total. The van der Waals surface area contributed by atoms with Crippen molar-refractivity contribution in [1.29, 1.82) is 0 Å². The summed E-state index contributed by atoms with van der Waals surface area (Å²) in [6.45, 7) is 4.70. The number of benzene rings is 1. The fraction of sp³-hybridized carbons (Fsp3) is 0.316. The Labute approximate surface area is 152 Å². The summed E-state index contributed by atoms with van der Waals surface area (Å²) in [7, 11) is 0. The minimum atomic E-state index is 0.282. The third kappa shape index (κ3) is 4.18. The molecule has 0 atom stereocenters. The van der Waals surface area contributed by atoms with Gasteiger partial charge in [-0.2, -0.15) is 0 Å². The van der Waals surface area contributed by atoms with Crippen LogP contribution < -0.4 is 9.64 Å². The predicted octanol–water partition coefficient (Wildman–Crippen LogP) is 2.37. The number of pyridine rings is 1. The average molecular weight is 351 g/mol. The lowest BCUT2D eigenvalue weighted by atomic mass is 10.3. The molecule has 0 spiro atoms. The smallest absolute Gasteiger partial charge is 0.253 e. The molecule has 0 aliphatic carbocycles. The van der Waals surface area contributed by atoms with Crippen molar-refractivity contribution in [2.45, 2.75) is 13.2 Å². The van der Waals surface area contributed by atoms with Crippen molar-refractivity contribution in [3.63, 3.8) is 0 Å². The van der Waals surface area contributed by atoms with Crippen molar-refractivity contribution in [3.05, 3.63) is 66.5 Å². The zero-order valence-corrected chi connectivity index (χ0v) is 14.5. The number of hydrogen-bond donors (Lipinski definition) is 0. The molecule has 3 heterocycles. The molecule has 0 radical (unpaired) electrons. The summed E-state index contributed by atoms with van der Waals surface area (Å²) in [5, 5.41) is 8.21. The molecular formula is C19H21N5O2. The number of ether oxygens (including phenoxy) is 1. The Balaban J connectivity index is 1.26. The molecule has 7 heteroatoms. The maximum Gasteiger partial charge on any atom is 0.253 e. The van der Waals surface area contributed by atoms with Gasteiger partial charge in [-0.05, 0) is 24.3 Å². The van der Waals surface area contributed by atoms with Gasteiger partial charge in [0.05, 0.1) is 6.54 Å². The van der Waals surface area contributed by atoms with Gasteiger partial charge in [0.25, 0.3) is 5.89 Å². The number of rotatable bonds is 6. The van der Waals surface area contributed by atoms with E-state index in [9.17, 15) is 0 Å². The van der Waals surface area contributed by atoms with Crippen LogP contribution in [0, 0.1) is 0 Å². The SMILES string of the molecule is c1ccc(OCc2nnc(CN3CCN(c4ccccn4)CC3)o2)cc1. The van der Waals surface area contributed by atoms with Crippen LogP contribution in [0.25, 0.3) is 0 Å². The summed E-state index contributed by atoms with van der Waals surface area (Å²) in [5.74, 6) is 2.95. The molecule has 0 N–H and O–H groups in total. The summed E-state index contributed by atoms with van der Waals surface area (Å²) in [6.07, 6.45) is 1.83. The fourth-order valence-electron chi connectivity index (χ4n) is 2.94. The van der Waals surface area contributed by atoms with Gasteiger partial charge >= 0.3 is 0 Å². The van der Waals surface area contributed by atoms with Crippen molar-refractivity contribution in [2.24, 2.45) is 0 Å². The quantitative estimate of drug-likeness (QED) is 0.675. The molecule has 2 aromatic heterocycles. The summed E-state index contributed by atoms with van der Waals surface area (Å²) in [5.41, 5.74) is 0. The zero-order valence-electron chi connectivity index (χ0n) is 14.5. The van der Waals surface area contributed by atoms with Crippen LogP contribution in [0.2, 0.25) is 0 Å². The molecule has 0 amide bonds. The van der Waals surface area contributed by atoms with Crippen molar-refractivity contribution >= 4 is 5.82 Å². The molecule has 3 aromatic rings. The molecular weight excluding hydrogens is 330 g/mol. The monoisotopic (exact) mass is 351 g/mol. The number of anilines is 1.